The number of aldehydes is 1. The van der Waals surface area contributed by atoms with Crippen LogP contribution in [0.15, 0.2) is 24.3 Å². The third kappa shape index (κ3) is 1.72. The Labute approximate surface area is 96.5 Å². The van der Waals surface area contributed by atoms with Crippen LogP contribution in [0.4, 0.5) is 4.39 Å². The number of carbonyl (C=O) groups is 1. The number of hydrogen-bond donors (Lipinski definition) is 0. The molecule has 0 aliphatic rings. The molecule has 2 rings (SSSR count). The van der Waals surface area contributed by atoms with Gasteiger partial charge in [-0.15, -0.1) is 0 Å². The Kier molecular flexibility index (Phi) is 2.75. The summed E-state index contributed by atoms with van der Waals surface area (Å²) in [4.78, 5) is 10.9. The number of aromatic nitrogens is 2. The van der Waals surface area contributed by atoms with Crippen LogP contribution in [0.25, 0.3) is 11.3 Å². The van der Waals surface area contributed by atoms with Crippen molar-refractivity contribution >= 4 is 17.9 Å². The molecule has 1 heterocycles. The predicted molar refractivity (Wildman–Crippen MR) is 59.0 cm³/mol. The van der Waals surface area contributed by atoms with Gasteiger partial charge in [-0.2, -0.15) is 5.10 Å². The van der Waals surface area contributed by atoms with Crippen molar-refractivity contribution in [2.24, 2.45) is 7.05 Å². The molecule has 0 spiro atoms. The maximum Gasteiger partial charge on any atom is 0.155 e. The number of hydrogen-bond acceptors (Lipinski definition) is 2. The van der Waals surface area contributed by atoms with E-state index in [-0.39, 0.29) is 11.0 Å². The van der Waals surface area contributed by atoms with Gasteiger partial charge in [-0.1, -0.05) is 11.6 Å². The molecule has 0 aliphatic heterocycles. The maximum absolute atomic E-state index is 12.7. The van der Waals surface area contributed by atoms with E-state index in [0.29, 0.717) is 23.1 Å². The van der Waals surface area contributed by atoms with Gasteiger partial charge in [-0.25, -0.2) is 4.39 Å². The van der Waals surface area contributed by atoms with E-state index >= 15 is 0 Å². The average molecular weight is 239 g/mol. The van der Waals surface area contributed by atoms with Gasteiger partial charge >= 0.3 is 0 Å². The lowest BCUT2D eigenvalue weighted by Crippen LogP contribution is -1.89. The lowest BCUT2D eigenvalue weighted by molar-refractivity contribution is 0.112. The van der Waals surface area contributed by atoms with E-state index < -0.39 is 0 Å². The van der Waals surface area contributed by atoms with Gasteiger partial charge < -0.3 is 0 Å². The summed E-state index contributed by atoms with van der Waals surface area (Å²) < 4.78 is 14.2. The SMILES string of the molecule is Cn1nc(-c2ccc(F)cc2)c(C=O)c1Cl. The largest absolute Gasteiger partial charge is 0.298 e. The van der Waals surface area contributed by atoms with Crippen molar-refractivity contribution in [2.45, 2.75) is 0 Å². The zero-order chi connectivity index (χ0) is 11.7. The zero-order valence-electron chi connectivity index (χ0n) is 8.45. The van der Waals surface area contributed by atoms with Gasteiger partial charge in [0.1, 0.15) is 16.7 Å². The third-order valence-corrected chi connectivity index (χ3v) is 2.70. The summed E-state index contributed by atoms with van der Waals surface area (Å²) in [6.45, 7) is 0. The molecule has 0 atom stereocenters. The van der Waals surface area contributed by atoms with Gasteiger partial charge in [-0.05, 0) is 24.3 Å². The minimum atomic E-state index is -0.335. The van der Waals surface area contributed by atoms with Crippen molar-refractivity contribution in [3.63, 3.8) is 0 Å². The molecule has 16 heavy (non-hydrogen) atoms. The minimum absolute atomic E-state index is 0.273. The first-order valence-corrected chi connectivity index (χ1v) is 4.95. The summed E-state index contributed by atoms with van der Waals surface area (Å²) in [6, 6.07) is 5.74. The summed E-state index contributed by atoms with van der Waals surface area (Å²) in [5, 5.41) is 4.38. The molecule has 0 N–H and O–H groups in total. The fourth-order valence-electron chi connectivity index (χ4n) is 1.45. The van der Waals surface area contributed by atoms with Crippen LogP contribution in [0.3, 0.4) is 0 Å². The molecule has 1 aromatic heterocycles. The molecule has 0 saturated heterocycles. The molecule has 2 aromatic rings. The molecular weight excluding hydrogens is 231 g/mol. The van der Waals surface area contributed by atoms with Crippen molar-refractivity contribution in [3.05, 3.63) is 40.8 Å². The number of benzene rings is 1. The lowest BCUT2D eigenvalue weighted by atomic mass is 10.1. The molecule has 1 aromatic carbocycles. The van der Waals surface area contributed by atoms with Crippen LogP contribution in [0.1, 0.15) is 10.4 Å². The molecule has 3 nitrogen and oxygen atoms in total. The standard InChI is InChI=1S/C11H8ClFN2O/c1-15-11(12)9(6-16)10(14-15)7-2-4-8(13)5-3-7/h2-6H,1H3. The second-order valence-electron chi connectivity index (χ2n) is 3.30. The Morgan fingerprint density at radius 1 is 1.38 bits per heavy atom. The van der Waals surface area contributed by atoms with Gasteiger partial charge in [0.25, 0.3) is 0 Å². The van der Waals surface area contributed by atoms with Crippen LogP contribution in [0.2, 0.25) is 5.15 Å². The van der Waals surface area contributed by atoms with Crippen LogP contribution >= 0.6 is 11.6 Å². The molecule has 0 amide bonds. The molecule has 0 fully saturated rings. The molecule has 0 aliphatic carbocycles. The van der Waals surface area contributed by atoms with Crippen LogP contribution in [-0.4, -0.2) is 16.1 Å². The molecule has 0 radical (unpaired) electrons. The van der Waals surface area contributed by atoms with E-state index in [1.54, 1.807) is 19.2 Å². The van der Waals surface area contributed by atoms with Gasteiger partial charge in [0, 0.05) is 12.6 Å². The number of carbonyl (C=O) groups excluding carboxylic acids is 1. The van der Waals surface area contributed by atoms with Crippen LogP contribution in [0, 0.1) is 5.82 Å². The Morgan fingerprint density at radius 2 is 2.00 bits per heavy atom. The van der Waals surface area contributed by atoms with E-state index in [1.807, 2.05) is 0 Å². The van der Waals surface area contributed by atoms with Gasteiger partial charge in [-0.3, -0.25) is 9.48 Å². The van der Waals surface area contributed by atoms with E-state index in [2.05, 4.69) is 5.10 Å². The Bertz CT molecular complexity index is 534. The first-order chi connectivity index (χ1) is 7.63. The van der Waals surface area contributed by atoms with Crippen molar-refractivity contribution in [3.8, 4) is 11.3 Å². The van der Waals surface area contributed by atoms with Crippen molar-refractivity contribution < 1.29 is 9.18 Å². The minimum Gasteiger partial charge on any atom is -0.298 e. The Balaban J connectivity index is 2.59. The molecule has 0 saturated carbocycles. The first-order valence-electron chi connectivity index (χ1n) is 4.57. The van der Waals surface area contributed by atoms with Crippen molar-refractivity contribution in [1.29, 1.82) is 0 Å². The summed E-state index contributed by atoms with van der Waals surface area (Å²) in [7, 11) is 1.64. The van der Waals surface area contributed by atoms with Crippen molar-refractivity contribution in [2.75, 3.05) is 0 Å². The van der Waals surface area contributed by atoms with Crippen LogP contribution in [-0.2, 0) is 7.05 Å². The van der Waals surface area contributed by atoms with Gasteiger partial charge in [0.15, 0.2) is 6.29 Å². The quantitative estimate of drug-likeness (QED) is 0.754. The topological polar surface area (TPSA) is 34.9 Å². The fraction of sp³-hybridized carbons (Fsp3) is 0.0909. The molecule has 0 bridgehead atoms. The summed E-state index contributed by atoms with van der Waals surface area (Å²) in [5.41, 5.74) is 1.43. The maximum atomic E-state index is 12.7. The van der Waals surface area contributed by atoms with E-state index in [4.69, 9.17) is 11.6 Å². The predicted octanol–water partition coefficient (Wildman–Crippen LogP) is 2.69. The lowest BCUT2D eigenvalue weighted by Gasteiger charge is -1.97. The van der Waals surface area contributed by atoms with Crippen LogP contribution < -0.4 is 0 Å². The smallest absolute Gasteiger partial charge is 0.155 e. The molecule has 0 unspecified atom stereocenters. The summed E-state index contributed by atoms with van der Waals surface area (Å²) in [6.07, 6.45) is 0.647. The second kappa shape index (κ2) is 4.06. The number of rotatable bonds is 2. The third-order valence-electron chi connectivity index (χ3n) is 2.25. The highest BCUT2D eigenvalue weighted by atomic mass is 35.5. The monoisotopic (exact) mass is 238 g/mol. The van der Waals surface area contributed by atoms with E-state index in [9.17, 15) is 9.18 Å². The number of nitrogens with zero attached hydrogens (tertiary/aromatic N) is 2. The Hall–Kier alpha value is -1.68. The van der Waals surface area contributed by atoms with E-state index in [0.717, 1.165) is 0 Å². The number of aryl methyl sites for hydroxylation is 1. The highest BCUT2D eigenvalue weighted by Gasteiger charge is 2.15. The highest BCUT2D eigenvalue weighted by molar-refractivity contribution is 6.32. The summed E-state index contributed by atoms with van der Waals surface area (Å²) >= 11 is 5.89. The van der Waals surface area contributed by atoms with Crippen LogP contribution in [0.5, 0.6) is 0 Å². The highest BCUT2D eigenvalue weighted by Crippen LogP contribution is 2.26. The normalized spacial score (nSPS) is 10.4. The van der Waals surface area contributed by atoms with Gasteiger partial charge in [0.05, 0.1) is 5.56 Å². The Morgan fingerprint density at radius 3 is 2.56 bits per heavy atom. The zero-order valence-corrected chi connectivity index (χ0v) is 9.20. The number of halogens is 2. The second-order valence-corrected chi connectivity index (χ2v) is 3.66. The molecule has 82 valence electrons. The van der Waals surface area contributed by atoms with Gasteiger partial charge in [0.2, 0.25) is 0 Å². The molecule has 5 heteroatoms. The van der Waals surface area contributed by atoms with E-state index in [1.165, 1.54) is 16.8 Å². The first kappa shape index (κ1) is 10.8. The molecular formula is C11H8ClFN2O. The van der Waals surface area contributed by atoms with Crippen molar-refractivity contribution in [1.82, 2.24) is 9.78 Å². The average Bonchev–Trinajstić information content (AvgIpc) is 2.56. The summed E-state index contributed by atoms with van der Waals surface area (Å²) in [5.74, 6) is -0.335. The fourth-order valence-corrected chi connectivity index (χ4v) is 1.62.